The zero-order chi connectivity index (χ0) is 20.5. The summed E-state index contributed by atoms with van der Waals surface area (Å²) in [5.74, 6) is -0.323. The van der Waals surface area contributed by atoms with E-state index in [-0.39, 0.29) is 17.8 Å². The van der Waals surface area contributed by atoms with E-state index >= 15 is 0 Å². The van der Waals surface area contributed by atoms with Gasteiger partial charge in [-0.1, -0.05) is 0 Å². The van der Waals surface area contributed by atoms with Crippen molar-refractivity contribution in [3.8, 4) is 0 Å². The van der Waals surface area contributed by atoms with Crippen LogP contribution >= 0.6 is 0 Å². The molecule has 28 heavy (non-hydrogen) atoms. The van der Waals surface area contributed by atoms with Crippen LogP contribution in [0.25, 0.3) is 0 Å². The Kier molecular flexibility index (Phi) is 8.06. The molecule has 0 saturated carbocycles. The molecular weight excluding hydrogens is 366 g/mol. The van der Waals surface area contributed by atoms with E-state index in [1.54, 1.807) is 13.3 Å². The second kappa shape index (κ2) is 10.5. The fourth-order valence-corrected chi connectivity index (χ4v) is 2.28. The molecule has 0 aliphatic rings. The highest BCUT2D eigenvalue weighted by Crippen LogP contribution is 2.22. The van der Waals surface area contributed by atoms with Crippen LogP contribution in [0.3, 0.4) is 0 Å². The molecule has 9 heteroatoms. The molecule has 1 atom stereocenters. The van der Waals surface area contributed by atoms with Gasteiger partial charge < -0.3 is 20.7 Å². The Balaban J connectivity index is 2.17. The number of halogens is 2. The van der Waals surface area contributed by atoms with Crippen molar-refractivity contribution in [2.75, 3.05) is 29.7 Å². The maximum atomic E-state index is 13.7. The minimum absolute atomic E-state index is 0.0240. The van der Waals surface area contributed by atoms with Gasteiger partial charge in [-0.15, -0.1) is 0 Å². The first-order chi connectivity index (χ1) is 13.4. The number of anilines is 3. The highest BCUT2D eigenvalue weighted by atomic mass is 19.1. The lowest BCUT2D eigenvalue weighted by Gasteiger charge is -2.18. The molecule has 0 radical (unpaired) electrons. The van der Waals surface area contributed by atoms with E-state index in [2.05, 4.69) is 30.9 Å². The maximum Gasteiger partial charge on any atom is 0.224 e. The number of aromatic nitrogens is 2. The minimum Gasteiger partial charge on any atom is -0.385 e. The summed E-state index contributed by atoms with van der Waals surface area (Å²) in [6.07, 6.45) is 3.72. The summed E-state index contributed by atoms with van der Waals surface area (Å²) in [6, 6.07) is 3.48. The van der Waals surface area contributed by atoms with Crippen LogP contribution in [-0.4, -0.2) is 42.1 Å². The van der Waals surface area contributed by atoms with Crippen LogP contribution in [0.2, 0.25) is 0 Å². The zero-order valence-corrected chi connectivity index (χ0v) is 16.5. The van der Waals surface area contributed by atoms with Crippen LogP contribution in [0.1, 0.15) is 27.2 Å². The molecule has 3 N–H and O–H groups in total. The molecule has 0 saturated heterocycles. The van der Waals surface area contributed by atoms with E-state index in [0.717, 1.165) is 18.6 Å². The summed E-state index contributed by atoms with van der Waals surface area (Å²) < 4.78 is 31.8. The first-order valence-corrected chi connectivity index (χ1v) is 9.02. The third-order valence-electron chi connectivity index (χ3n) is 3.68. The van der Waals surface area contributed by atoms with Crippen LogP contribution in [-0.2, 0) is 4.74 Å². The van der Waals surface area contributed by atoms with Gasteiger partial charge in [0, 0.05) is 31.9 Å². The topological polar surface area (TPSA) is 83.5 Å². The molecular formula is C19H26F2N6O. The molecule has 2 aromatic rings. The second-order valence-corrected chi connectivity index (χ2v) is 6.58. The quantitative estimate of drug-likeness (QED) is 0.416. The van der Waals surface area contributed by atoms with Gasteiger partial charge in [-0.2, -0.15) is 4.98 Å². The number of rotatable bonds is 10. The Morgan fingerprint density at radius 1 is 1.21 bits per heavy atom. The lowest BCUT2D eigenvalue weighted by atomic mass is 10.2. The fourth-order valence-electron chi connectivity index (χ4n) is 2.28. The highest BCUT2D eigenvalue weighted by Gasteiger charge is 2.11. The molecule has 0 aliphatic heterocycles. The molecule has 152 valence electrons. The van der Waals surface area contributed by atoms with Crippen molar-refractivity contribution in [3.63, 3.8) is 0 Å². The van der Waals surface area contributed by atoms with E-state index in [1.165, 1.54) is 12.4 Å². The summed E-state index contributed by atoms with van der Waals surface area (Å²) in [5.41, 5.74) is 0.598. The number of nitrogens with zero attached hydrogens (tertiary/aromatic N) is 3. The van der Waals surface area contributed by atoms with Crippen molar-refractivity contribution < 1.29 is 13.5 Å². The summed E-state index contributed by atoms with van der Waals surface area (Å²) in [5, 5.41) is 9.40. The van der Waals surface area contributed by atoms with E-state index in [9.17, 15) is 8.78 Å². The van der Waals surface area contributed by atoms with Crippen molar-refractivity contribution in [1.29, 1.82) is 0 Å². The van der Waals surface area contributed by atoms with Gasteiger partial charge >= 0.3 is 0 Å². The lowest BCUT2D eigenvalue weighted by Crippen LogP contribution is -2.20. The Bertz CT molecular complexity index is 800. The summed E-state index contributed by atoms with van der Waals surface area (Å²) in [7, 11) is 1.65. The average Bonchev–Trinajstić information content (AvgIpc) is 2.63. The van der Waals surface area contributed by atoms with Gasteiger partial charge in [0.1, 0.15) is 17.2 Å². The molecule has 1 aromatic carbocycles. The van der Waals surface area contributed by atoms with Gasteiger partial charge in [0.25, 0.3) is 0 Å². The first kappa shape index (κ1) is 21.5. The number of hydrogen-bond donors (Lipinski definition) is 3. The lowest BCUT2D eigenvalue weighted by molar-refractivity contribution is 0.191. The maximum absolute atomic E-state index is 13.7. The molecule has 0 fully saturated rings. The molecule has 0 bridgehead atoms. The molecule has 1 aromatic heterocycles. The second-order valence-electron chi connectivity index (χ2n) is 6.58. The van der Waals surface area contributed by atoms with Crippen molar-refractivity contribution in [3.05, 3.63) is 36.0 Å². The van der Waals surface area contributed by atoms with Crippen LogP contribution in [0.5, 0.6) is 0 Å². The van der Waals surface area contributed by atoms with Gasteiger partial charge in [0.15, 0.2) is 11.6 Å². The Morgan fingerprint density at radius 3 is 2.68 bits per heavy atom. The van der Waals surface area contributed by atoms with E-state index in [1.807, 2.05) is 20.8 Å². The molecule has 2 rings (SSSR count). The van der Waals surface area contributed by atoms with Crippen LogP contribution < -0.4 is 16.0 Å². The number of benzene rings is 1. The highest BCUT2D eigenvalue weighted by molar-refractivity contribution is 5.83. The largest absolute Gasteiger partial charge is 0.385 e. The smallest absolute Gasteiger partial charge is 0.224 e. The van der Waals surface area contributed by atoms with Crippen LogP contribution in [0.4, 0.5) is 31.9 Å². The summed E-state index contributed by atoms with van der Waals surface area (Å²) in [4.78, 5) is 12.7. The number of nitrogens with one attached hydrogen (secondary N) is 3. The normalized spacial score (nSPS) is 12.4. The predicted octanol–water partition coefficient (Wildman–Crippen LogP) is 4.18. The molecule has 1 heterocycles. The Hall–Kier alpha value is -2.81. The molecule has 1 unspecified atom stereocenters. The van der Waals surface area contributed by atoms with Gasteiger partial charge in [-0.25, -0.2) is 18.8 Å². The number of ether oxygens (including phenoxy) is 1. The molecule has 0 amide bonds. The van der Waals surface area contributed by atoms with Crippen LogP contribution in [0, 0.1) is 11.6 Å². The fraction of sp³-hybridized carbons (Fsp3) is 0.421. The van der Waals surface area contributed by atoms with E-state index in [4.69, 9.17) is 4.74 Å². The standard InChI is InChI=1S/C19H26F2N6O/c1-12(2)25-19-22-10-17(18(27-19)26-13(3)7-8-28-4)24-11-23-16-6-5-14(20)9-15(16)21/h5-6,9-13H,7-8H2,1-4H3,(H,23,24)(H2,22,25,26,27). The summed E-state index contributed by atoms with van der Waals surface area (Å²) in [6.45, 7) is 6.62. The van der Waals surface area contributed by atoms with Crippen molar-refractivity contribution in [1.82, 2.24) is 9.97 Å². The monoisotopic (exact) mass is 392 g/mol. The zero-order valence-electron chi connectivity index (χ0n) is 16.5. The van der Waals surface area contributed by atoms with E-state index in [0.29, 0.717) is 24.1 Å². The Labute approximate surface area is 163 Å². The minimum atomic E-state index is -0.739. The van der Waals surface area contributed by atoms with Gasteiger partial charge in [0.05, 0.1) is 12.5 Å². The van der Waals surface area contributed by atoms with Crippen LogP contribution in [0.15, 0.2) is 29.4 Å². The molecule has 0 aliphatic carbocycles. The number of methoxy groups -OCH3 is 1. The van der Waals surface area contributed by atoms with Gasteiger partial charge in [-0.3, -0.25) is 0 Å². The number of aliphatic imine (C=N–C) groups is 1. The third kappa shape index (κ3) is 6.73. The van der Waals surface area contributed by atoms with Gasteiger partial charge in [0.2, 0.25) is 5.95 Å². The Morgan fingerprint density at radius 2 is 2.00 bits per heavy atom. The summed E-state index contributed by atoms with van der Waals surface area (Å²) >= 11 is 0. The van der Waals surface area contributed by atoms with Crippen molar-refractivity contribution >= 4 is 29.5 Å². The molecule has 0 spiro atoms. The SMILES string of the molecule is COCCC(C)Nc1nc(NC(C)C)ncc1NC=Nc1ccc(F)cc1F. The molecule has 7 nitrogen and oxygen atoms in total. The first-order valence-electron chi connectivity index (χ1n) is 9.02. The van der Waals surface area contributed by atoms with Gasteiger partial charge in [-0.05, 0) is 39.3 Å². The predicted molar refractivity (Wildman–Crippen MR) is 109 cm³/mol. The number of hydrogen-bond acceptors (Lipinski definition) is 6. The van der Waals surface area contributed by atoms with Crippen molar-refractivity contribution in [2.24, 2.45) is 4.99 Å². The van der Waals surface area contributed by atoms with E-state index < -0.39 is 11.6 Å². The third-order valence-corrected chi connectivity index (χ3v) is 3.68. The van der Waals surface area contributed by atoms with Crippen molar-refractivity contribution in [2.45, 2.75) is 39.3 Å². The average molecular weight is 392 g/mol.